The molecular formula is C12H15ClN6O3. The van der Waals surface area contributed by atoms with E-state index in [1.807, 2.05) is 0 Å². The number of nitrogens with one attached hydrogen (secondary N) is 1. The van der Waals surface area contributed by atoms with Crippen LogP contribution in [0, 0.1) is 0 Å². The second-order valence-electron chi connectivity index (χ2n) is 4.52. The fourth-order valence-corrected chi connectivity index (χ4v) is 1.97. The van der Waals surface area contributed by atoms with Crippen LogP contribution in [0.3, 0.4) is 0 Å². The Labute approximate surface area is 131 Å². The standard InChI is InChI=1S/C12H15ClN6O3/c1-17-5-7(4-8(17)12(21)22-3)15-11(20)10-16-9(19(13)14)6-18(10)2/h4-6H,14H2,1-3H3,(H,15,20). The fourth-order valence-electron chi connectivity index (χ4n) is 1.89. The van der Waals surface area contributed by atoms with Crippen molar-refractivity contribution in [1.29, 1.82) is 0 Å². The summed E-state index contributed by atoms with van der Waals surface area (Å²) in [5.41, 5.74) is 0.750. The second-order valence-corrected chi connectivity index (χ2v) is 4.88. The fraction of sp³-hybridized carbons (Fsp3) is 0.250. The van der Waals surface area contributed by atoms with E-state index in [-0.39, 0.29) is 11.6 Å². The van der Waals surface area contributed by atoms with Gasteiger partial charge < -0.3 is 19.2 Å². The van der Waals surface area contributed by atoms with E-state index in [1.54, 1.807) is 24.9 Å². The lowest BCUT2D eigenvalue weighted by molar-refractivity contribution is 0.0590. The van der Waals surface area contributed by atoms with Gasteiger partial charge in [-0.3, -0.25) is 4.79 Å². The van der Waals surface area contributed by atoms with Crippen LogP contribution in [-0.4, -0.2) is 33.1 Å². The monoisotopic (exact) mass is 326 g/mol. The minimum absolute atomic E-state index is 0.120. The molecule has 1 amide bonds. The number of esters is 1. The number of carbonyl (C=O) groups excluding carboxylic acids is 2. The third kappa shape index (κ3) is 3.05. The Bertz CT molecular complexity index is 721. The van der Waals surface area contributed by atoms with Crippen molar-refractivity contribution in [3.8, 4) is 0 Å². The van der Waals surface area contributed by atoms with Gasteiger partial charge in [-0.1, -0.05) is 0 Å². The van der Waals surface area contributed by atoms with Crippen molar-refractivity contribution in [2.75, 3.05) is 17.0 Å². The topological polar surface area (TPSA) is 107 Å². The molecule has 0 saturated heterocycles. The van der Waals surface area contributed by atoms with Crippen molar-refractivity contribution in [1.82, 2.24) is 14.1 Å². The number of halogens is 1. The van der Waals surface area contributed by atoms with Crippen molar-refractivity contribution >= 4 is 35.2 Å². The molecule has 2 rings (SSSR count). The van der Waals surface area contributed by atoms with Gasteiger partial charge in [0.25, 0.3) is 5.91 Å². The van der Waals surface area contributed by atoms with E-state index in [0.29, 0.717) is 11.4 Å². The molecule has 3 N–H and O–H groups in total. The van der Waals surface area contributed by atoms with Gasteiger partial charge in [-0.25, -0.2) is 15.6 Å². The van der Waals surface area contributed by atoms with Crippen LogP contribution < -0.4 is 15.7 Å². The Morgan fingerprint density at radius 2 is 2.05 bits per heavy atom. The van der Waals surface area contributed by atoms with Gasteiger partial charge in [0.1, 0.15) is 5.69 Å². The molecule has 0 atom stereocenters. The van der Waals surface area contributed by atoms with E-state index >= 15 is 0 Å². The average molecular weight is 327 g/mol. The maximum absolute atomic E-state index is 12.2. The summed E-state index contributed by atoms with van der Waals surface area (Å²) >= 11 is 5.58. The molecule has 0 saturated carbocycles. The van der Waals surface area contributed by atoms with Gasteiger partial charge in [0.2, 0.25) is 5.82 Å². The first-order valence-corrected chi connectivity index (χ1v) is 6.47. The molecule has 2 aromatic rings. The molecule has 0 unspecified atom stereocenters. The molecule has 0 aliphatic carbocycles. The lowest BCUT2D eigenvalue weighted by atomic mass is 10.4. The maximum Gasteiger partial charge on any atom is 0.354 e. The van der Waals surface area contributed by atoms with Crippen LogP contribution >= 0.6 is 11.8 Å². The summed E-state index contributed by atoms with van der Waals surface area (Å²) in [4.78, 5) is 27.7. The summed E-state index contributed by atoms with van der Waals surface area (Å²) in [5.74, 6) is 4.75. The largest absolute Gasteiger partial charge is 0.464 e. The maximum atomic E-state index is 12.2. The molecule has 2 heterocycles. The van der Waals surface area contributed by atoms with Crippen LogP contribution in [0.1, 0.15) is 21.1 Å². The number of hydrogen-bond acceptors (Lipinski definition) is 6. The lowest BCUT2D eigenvalue weighted by Gasteiger charge is -2.02. The average Bonchev–Trinajstić information content (AvgIpc) is 3.01. The van der Waals surface area contributed by atoms with Gasteiger partial charge in [0, 0.05) is 32.1 Å². The van der Waals surface area contributed by atoms with E-state index in [9.17, 15) is 9.59 Å². The summed E-state index contributed by atoms with van der Waals surface area (Å²) < 4.78 is 8.46. The van der Waals surface area contributed by atoms with E-state index in [0.717, 1.165) is 4.53 Å². The van der Waals surface area contributed by atoms with Gasteiger partial charge in [-0.05, 0) is 6.07 Å². The van der Waals surface area contributed by atoms with E-state index in [2.05, 4.69) is 15.0 Å². The normalized spacial score (nSPS) is 10.4. The number of rotatable bonds is 4. The zero-order valence-corrected chi connectivity index (χ0v) is 13.0. The number of hydrogen-bond donors (Lipinski definition) is 2. The Kier molecular flexibility index (Phi) is 4.38. The highest BCUT2D eigenvalue weighted by Crippen LogP contribution is 2.16. The van der Waals surface area contributed by atoms with E-state index in [4.69, 9.17) is 17.6 Å². The van der Waals surface area contributed by atoms with Gasteiger partial charge in [-0.2, -0.15) is 4.53 Å². The first-order chi connectivity index (χ1) is 10.3. The summed E-state index contributed by atoms with van der Waals surface area (Å²) in [7, 11) is 4.59. The minimum atomic E-state index is -0.497. The molecule has 0 bridgehead atoms. The van der Waals surface area contributed by atoms with Gasteiger partial charge in [-0.15, -0.1) is 0 Å². The van der Waals surface area contributed by atoms with Gasteiger partial charge in [0.15, 0.2) is 5.82 Å². The first kappa shape index (κ1) is 15.9. The number of nitrogens with two attached hydrogens (primary N) is 1. The summed E-state index contributed by atoms with van der Waals surface area (Å²) in [6, 6.07) is 1.50. The number of aryl methyl sites for hydroxylation is 2. The number of nitrogens with zero attached hydrogens (tertiary/aromatic N) is 4. The molecule has 0 fully saturated rings. The lowest BCUT2D eigenvalue weighted by Crippen LogP contribution is -2.19. The zero-order valence-electron chi connectivity index (χ0n) is 12.2. The number of carbonyl (C=O) groups is 2. The molecule has 0 radical (unpaired) electrons. The molecule has 2 aromatic heterocycles. The van der Waals surface area contributed by atoms with Crippen LogP contribution in [0.25, 0.3) is 0 Å². The Balaban J connectivity index is 2.21. The first-order valence-electron chi connectivity index (χ1n) is 6.13. The number of hydrazine groups is 1. The molecule has 0 aliphatic rings. The van der Waals surface area contributed by atoms with E-state index < -0.39 is 11.9 Å². The summed E-state index contributed by atoms with van der Waals surface area (Å²) in [6.45, 7) is 0. The molecule has 0 aliphatic heterocycles. The quantitative estimate of drug-likeness (QED) is 0.369. The highest BCUT2D eigenvalue weighted by molar-refractivity contribution is 6.24. The number of imidazole rings is 1. The van der Waals surface area contributed by atoms with Crippen molar-refractivity contribution in [2.24, 2.45) is 19.9 Å². The predicted molar refractivity (Wildman–Crippen MR) is 80.4 cm³/mol. The number of amides is 1. The Morgan fingerprint density at radius 3 is 2.59 bits per heavy atom. The number of aromatic nitrogens is 3. The van der Waals surface area contributed by atoms with Crippen molar-refractivity contribution in [3.63, 3.8) is 0 Å². The third-order valence-electron chi connectivity index (χ3n) is 2.94. The molecule has 22 heavy (non-hydrogen) atoms. The smallest absolute Gasteiger partial charge is 0.354 e. The number of anilines is 2. The van der Waals surface area contributed by atoms with Crippen LogP contribution in [0.15, 0.2) is 18.5 Å². The van der Waals surface area contributed by atoms with E-state index in [1.165, 1.54) is 23.9 Å². The van der Waals surface area contributed by atoms with Crippen molar-refractivity contribution in [3.05, 3.63) is 30.0 Å². The molecule has 118 valence electrons. The number of methoxy groups -OCH3 is 1. The Hall–Kier alpha value is -2.52. The highest BCUT2D eigenvalue weighted by atomic mass is 35.5. The van der Waals surface area contributed by atoms with Gasteiger partial charge in [0.05, 0.1) is 19.0 Å². The van der Waals surface area contributed by atoms with Crippen LogP contribution in [-0.2, 0) is 18.8 Å². The number of ether oxygens (including phenoxy) is 1. The van der Waals surface area contributed by atoms with Crippen molar-refractivity contribution in [2.45, 2.75) is 0 Å². The highest BCUT2D eigenvalue weighted by Gasteiger charge is 2.18. The third-order valence-corrected chi connectivity index (χ3v) is 3.12. The minimum Gasteiger partial charge on any atom is -0.464 e. The Morgan fingerprint density at radius 1 is 1.36 bits per heavy atom. The molecule has 9 nitrogen and oxygen atoms in total. The van der Waals surface area contributed by atoms with Crippen LogP contribution in [0.4, 0.5) is 11.5 Å². The molecule has 10 heteroatoms. The molecular weight excluding hydrogens is 312 g/mol. The zero-order chi connectivity index (χ0) is 16.4. The van der Waals surface area contributed by atoms with Gasteiger partial charge >= 0.3 is 5.97 Å². The van der Waals surface area contributed by atoms with Crippen molar-refractivity contribution < 1.29 is 14.3 Å². The molecule has 0 spiro atoms. The predicted octanol–water partition coefficient (Wildman–Crippen LogP) is 0.631. The van der Waals surface area contributed by atoms with Crippen LogP contribution in [0.2, 0.25) is 0 Å². The second kappa shape index (κ2) is 6.08. The SMILES string of the molecule is COC(=O)c1cc(NC(=O)c2nc(N(N)Cl)cn2C)cn1C. The summed E-state index contributed by atoms with van der Waals surface area (Å²) in [6.07, 6.45) is 3.09. The van der Waals surface area contributed by atoms with Crippen LogP contribution in [0.5, 0.6) is 0 Å². The summed E-state index contributed by atoms with van der Waals surface area (Å²) in [5, 5.41) is 2.64. The molecule has 0 aromatic carbocycles.